The first kappa shape index (κ1) is 14.5. The first-order valence-electron chi connectivity index (χ1n) is 6.22. The number of nitro benzene ring substituents is 1. The smallest absolute Gasteiger partial charge is 0.292 e. The van der Waals surface area contributed by atoms with E-state index in [1.165, 1.54) is 30.3 Å². The van der Waals surface area contributed by atoms with Crippen LogP contribution in [-0.2, 0) is 0 Å². The van der Waals surface area contributed by atoms with E-state index < -0.39 is 4.92 Å². The predicted molar refractivity (Wildman–Crippen MR) is 76.2 cm³/mol. The fourth-order valence-electron chi connectivity index (χ4n) is 1.97. The molecule has 0 aliphatic heterocycles. The number of nitrogens with one attached hydrogen (secondary N) is 1. The van der Waals surface area contributed by atoms with Gasteiger partial charge in [0.25, 0.3) is 5.69 Å². The zero-order chi connectivity index (χ0) is 15.4. The van der Waals surface area contributed by atoms with E-state index in [2.05, 4.69) is 5.32 Å². The minimum atomic E-state index is -0.526. The molecule has 1 atom stereocenters. The normalized spacial score (nSPS) is 11.5. The Kier molecular flexibility index (Phi) is 4.14. The van der Waals surface area contributed by atoms with Crippen LogP contribution in [0.15, 0.2) is 42.5 Å². The van der Waals surface area contributed by atoms with Crippen LogP contribution in [0.25, 0.3) is 0 Å². The van der Waals surface area contributed by atoms with Gasteiger partial charge in [0, 0.05) is 12.1 Å². The first-order valence-corrected chi connectivity index (χ1v) is 6.22. The summed E-state index contributed by atoms with van der Waals surface area (Å²) in [5.41, 5.74) is 1.08. The molecule has 1 unspecified atom stereocenters. The van der Waals surface area contributed by atoms with E-state index in [1.54, 1.807) is 19.1 Å². The van der Waals surface area contributed by atoms with Crippen LogP contribution in [0.5, 0.6) is 0 Å². The third-order valence-electron chi connectivity index (χ3n) is 3.04. The molecule has 1 N–H and O–H groups in total. The molecule has 0 amide bonds. The van der Waals surface area contributed by atoms with Crippen molar-refractivity contribution in [3.63, 3.8) is 0 Å². The van der Waals surface area contributed by atoms with Crippen molar-refractivity contribution in [3.8, 4) is 6.07 Å². The van der Waals surface area contributed by atoms with Crippen molar-refractivity contribution in [1.29, 1.82) is 5.26 Å². The molecule has 0 aliphatic carbocycles. The van der Waals surface area contributed by atoms with Gasteiger partial charge in [0.1, 0.15) is 11.5 Å². The summed E-state index contributed by atoms with van der Waals surface area (Å²) >= 11 is 0. The Labute approximate surface area is 120 Å². The maximum absolute atomic E-state index is 13.2. The van der Waals surface area contributed by atoms with Gasteiger partial charge in [-0.3, -0.25) is 10.1 Å². The number of nitriles is 1. The fourth-order valence-corrected chi connectivity index (χ4v) is 1.97. The Morgan fingerprint density at radius 1 is 1.33 bits per heavy atom. The number of rotatable bonds is 4. The maximum atomic E-state index is 13.2. The van der Waals surface area contributed by atoms with Crippen molar-refractivity contribution in [3.05, 3.63) is 69.5 Å². The monoisotopic (exact) mass is 285 g/mol. The summed E-state index contributed by atoms with van der Waals surface area (Å²) in [6.07, 6.45) is 0. The molecule has 0 fully saturated rings. The molecule has 0 aromatic heterocycles. The molecule has 5 nitrogen and oxygen atoms in total. The van der Waals surface area contributed by atoms with Gasteiger partial charge in [-0.15, -0.1) is 0 Å². The molecule has 0 bridgehead atoms. The standard InChI is InChI=1S/C15H12FN3O2/c1-10(12-3-2-4-13(16)8-12)18-14-7-11(9-17)5-6-15(14)19(20)21/h2-8,10,18H,1H3. The van der Waals surface area contributed by atoms with Gasteiger partial charge in [-0.2, -0.15) is 5.26 Å². The van der Waals surface area contributed by atoms with E-state index in [1.807, 2.05) is 6.07 Å². The number of hydrogen-bond acceptors (Lipinski definition) is 4. The van der Waals surface area contributed by atoms with Gasteiger partial charge in [0.2, 0.25) is 0 Å². The van der Waals surface area contributed by atoms with E-state index in [9.17, 15) is 14.5 Å². The van der Waals surface area contributed by atoms with Gasteiger partial charge in [-0.25, -0.2) is 4.39 Å². The third kappa shape index (κ3) is 3.34. The molecule has 21 heavy (non-hydrogen) atoms. The van der Waals surface area contributed by atoms with Crippen molar-refractivity contribution in [2.75, 3.05) is 5.32 Å². The summed E-state index contributed by atoms with van der Waals surface area (Å²) in [5, 5.41) is 22.8. The van der Waals surface area contributed by atoms with Gasteiger partial charge in [-0.1, -0.05) is 12.1 Å². The number of nitrogens with zero attached hydrogens (tertiary/aromatic N) is 2. The largest absolute Gasteiger partial charge is 0.373 e. The van der Waals surface area contributed by atoms with Crippen molar-refractivity contribution in [1.82, 2.24) is 0 Å². The lowest BCUT2D eigenvalue weighted by atomic mass is 10.1. The second kappa shape index (κ2) is 6.01. The minimum Gasteiger partial charge on any atom is -0.373 e. The van der Waals surface area contributed by atoms with E-state index in [4.69, 9.17) is 5.26 Å². The van der Waals surface area contributed by atoms with Crippen molar-refractivity contribution >= 4 is 11.4 Å². The van der Waals surface area contributed by atoms with Crippen molar-refractivity contribution in [2.45, 2.75) is 13.0 Å². The molecule has 6 heteroatoms. The van der Waals surface area contributed by atoms with Crippen LogP contribution in [0.1, 0.15) is 24.1 Å². The molecular weight excluding hydrogens is 273 g/mol. The molecule has 0 spiro atoms. The van der Waals surface area contributed by atoms with Crippen LogP contribution < -0.4 is 5.32 Å². The highest BCUT2D eigenvalue weighted by Gasteiger charge is 2.17. The van der Waals surface area contributed by atoms with E-state index in [0.717, 1.165) is 0 Å². The number of hydrogen-bond donors (Lipinski definition) is 1. The lowest BCUT2D eigenvalue weighted by molar-refractivity contribution is -0.384. The molecular formula is C15H12FN3O2. The Morgan fingerprint density at radius 3 is 2.71 bits per heavy atom. The predicted octanol–water partition coefficient (Wildman–Crippen LogP) is 3.78. The van der Waals surface area contributed by atoms with E-state index >= 15 is 0 Å². The highest BCUT2D eigenvalue weighted by atomic mass is 19.1. The highest BCUT2D eigenvalue weighted by molar-refractivity contribution is 5.65. The molecule has 0 saturated heterocycles. The SMILES string of the molecule is CC(Nc1cc(C#N)ccc1[N+](=O)[O-])c1cccc(F)c1. The van der Waals surface area contributed by atoms with Crippen molar-refractivity contribution in [2.24, 2.45) is 0 Å². The average molecular weight is 285 g/mol. The fraction of sp³-hybridized carbons (Fsp3) is 0.133. The summed E-state index contributed by atoms with van der Waals surface area (Å²) in [6, 6.07) is 11.6. The van der Waals surface area contributed by atoms with Gasteiger partial charge >= 0.3 is 0 Å². The Balaban J connectivity index is 2.34. The van der Waals surface area contributed by atoms with Gasteiger partial charge in [-0.05, 0) is 36.8 Å². The lowest BCUT2D eigenvalue weighted by Gasteiger charge is -2.16. The maximum Gasteiger partial charge on any atom is 0.292 e. The Hall–Kier alpha value is -2.94. The summed E-state index contributed by atoms with van der Waals surface area (Å²) in [7, 11) is 0. The second-order valence-corrected chi connectivity index (χ2v) is 4.52. The average Bonchev–Trinajstić information content (AvgIpc) is 2.46. The van der Waals surface area contributed by atoms with Gasteiger partial charge < -0.3 is 5.32 Å². The molecule has 0 saturated carbocycles. The lowest BCUT2D eigenvalue weighted by Crippen LogP contribution is -2.08. The molecule has 106 valence electrons. The Bertz CT molecular complexity index is 725. The zero-order valence-electron chi connectivity index (χ0n) is 11.2. The molecule has 0 heterocycles. The van der Waals surface area contributed by atoms with Crippen LogP contribution in [0.3, 0.4) is 0 Å². The molecule has 2 rings (SSSR count). The number of nitro groups is 1. The van der Waals surface area contributed by atoms with Gasteiger partial charge in [0.05, 0.1) is 16.6 Å². The third-order valence-corrected chi connectivity index (χ3v) is 3.04. The quantitative estimate of drug-likeness (QED) is 0.685. The second-order valence-electron chi connectivity index (χ2n) is 4.52. The molecule has 0 aliphatic rings. The van der Waals surface area contributed by atoms with E-state index in [-0.39, 0.29) is 23.2 Å². The summed E-state index contributed by atoms with van der Waals surface area (Å²) in [6.45, 7) is 1.76. The minimum absolute atomic E-state index is 0.128. The summed E-state index contributed by atoms with van der Waals surface area (Å²) in [4.78, 5) is 10.5. The topological polar surface area (TPSA) is 79.0 Å². The summed E-state index contributed by atoms with van der Waals surface area (Å²) in [5.74, 6) is -0.374. The van der Waals surface area contributed by atoms with Crippen LogP contribution in [0, 0.1) is 27.3 Å². The van der Waals surface area contributed by atoms with E-state index in [0.29, 0.717) is 11.1 Å². The Morgan fingerprint density at radius 2 is 2.10 bits per heavy atom. The number of benzene rings is 2. The zero-order valence-corrected chi connectivity index (χ0v) is 11.2. The van der Waals surface area contributed by atoms with Crippen molar-refractivity contribution < 1.29 is 9.31 Å². The van der Waals surface area contributed by atoms with Crippen LogP contribution >= 0.6 is 0 Å². The molecule has 2 aromatic carbocycles. The first-order chi connectivity index (χ1) is 10.0. The molecule has 2 aromatic rings. The summed E-state index contributed by atoms with van der Waals surface area (Å²) < 4.78 is 13.2. The number of anilines is 1. The van der Waals surface area contributed by atoms with Crippen LogP contribution in [-0.4, -0.2) is 4.92 Å². The highest BCUT2D eigenvalue weighted by Crippen LogP contribution is 2.29. The van der Waals surface area contributed by atoms with Crippen LogP contribution in [0.4, 0.5) is 15.8 Å². The van der Waals surface area contributed by atoms with Gasteiger partial charge in [0.15, 0.2) is 0 Å². The molecule has 0 radical (unpaired) electrons. The number of halogens is 1. The van der Waals surface area contributed by atoms with Crippen LogP contribution in [0.2, 0.25) is 0 Å².